The molecular weight excluding hydrogens is 260 g/mol. The van der Waals surface area contributed by atoms with Crippen LogP contribution in [-0.2, 0) is 11.3 Å². The molecule has 0 saturated carbocycles. The van der Waals surface area contributed by atoms with Gasteiger partial charge < -0.3 is 9.84 Å². The number of hydrogen-bond donors (Lipinski definition) is 1. The van der Waals surface area contributed by atoms with Gasteiger partial charge in [0.2, 0.25) is 5.28 Å². The van der Waals surface area contributed by atoms with Gasteiger partial charge in [0.05, 0.1) is 18.0 Å². The summed E-state index contributed by atoms with van der Waals surface area (Å²) in [7, 11) is 1.47. The molecule has 0 aliphatic heterocycles. The first-order chi connectivity index (χ1) is 8.52. The van der Waals surface area contributed by atoms with Gasteiger partial charge in [-0.2, -0.15) is 0 Å². The number of carbonyl (C=O) groups is 1. The SMILES string of the molecule is COc1ccc2nc(Cl)n(CC(=O)O)c(=O)c2c1. The molecule has 18 heavy (non-hydrogen) atoms. The smallest absolute Gasteiger partial charge is 0.323 e. The highest BCUT2D eigenvalue weighted by Gasteiger charge is 2.12. The minimum absolute atomic E-state index is 0.153. The summed E-state index contributed by atoms with van der Waals surface area (Å²) in [5.74, 6) is -0.673. The van der Waals surface area contributed by atoms with Crippen molar-refractivity contribution in [1.82, 2.24) is 9.55 Å². The van der Waals surface area contributed by atoms with Crippen molar-refractivity contribution >= 4 is 28.5 Å². The predicted molar refractivity (Wildman–Crippen MR) is 65.2 cm³/mol. The van der Waals surface area contributed by atoms with Crippen LogP contribution in [0.3, 0.4) is 0 Å². The Labute approximate surface area is 106 Å². The second-order valence-electron chi connectivity index (χ2n) is 3.55. The molecule has 2 aromatic rings. The van der Waals surface area contributed by atoms with E-state index in [1.54, 1.807) is 12.1 Å². The fourth-order valence-corrected chi connectivity index (χ4v) is 1.80. The molecule has 0 saturated heterocycles. The Bertz CT molecular complexity index is 681. The summed E-state index contributed by atoms with van der Waals surface area (Å²) in [5, 5.41) is 8.83. The van der Waals surface area contributed by atoms with Gasteiger partial charge in [-0.05, 0) is 29.8 Å². The van der Waals surface area contributed by atoms with Crippen LogP contribution in [0.1, 0.15) is 0 Å². The first kappa shape index (κ1) is 12.4. The van der Waals surface area contributed by atoms with E-state index in [0.29, 0.717) is 11.3 Å². The maximum absolute atomic E-state index is 12.1. The monoisotopic (exact) mass is 268 g/mol. The lowest BCUT2D eigenvalue weighted by molar-refractivity contribution is -0.137. The average molecular weight is 269 g/mol. The Morgan fingerprint density at radius 2 is 2.28 bits per heavy atom. The molecule has 1 heterocycles. The largest absolute Gasteiger partial charge is 0.497 e. The van der Waals surface area contributed by atoms with Crippen LogP contribution < -0.4 is 10.3 Å². The quantitative estimate of drug-likeness (QED) is 0.844. The summed E-state index contributed by atoms with van der Waals surface area (Å²) in [4.78, 5) is 26.7. The van der Waals surface area contributed by atoms with E-state index in [1.807, 2.05) is 0 Å². The molecule has 0 bridgehead atoms. The number of ether oxygens (including phenoxy) is 1. The summed E-state index contributed by atoms with van der Waals surface area (Å²) < 4.78 is 5.90. The van der Waals surface area contributed by atoms with Gasteiger partial charge in [-0.3, -0.25) is 14.2 Å². The van der Waals surface area contributed by atoms with E-state index in [2.05, 4.69) is 4.98 Å². The third-order valence-electron chi connectivity index (χ3n) is 2.41. The van der Waals surface area contributed by atoms with E-state index in [-0.39, 0.29) is 10.7 Å². The number of carboxylic acids is 1. The van der Waals surface area contributed by atoms with Crippen molar-refractivity contribution in [2.75, 3.05) is 7.11 Å². The Balaban J connectivity index is 2.73. The van der Waals surface area contributed by atoms with E-state index < -0.39 is 18.1 Å². The van der Waals surface area contributed by atoms with Crippen LogP contribution in [0, 0.1) is 0 Å². The van der Waals surface area contributed by atoms with Gasteiger partial charge >= 0.3 is 5.97 Å². The molecule has 0 unspecified atom stereocenters. The Hall–Kier alpha value is -2.08. The highest BCUT2D eigenvalue weighted by atomic mass is 35.5. The van der Waals surface area contributed by atoms with Crippen LogP contribution in [0.25, 0.3) is 10.9 Å². The standard InChI is InChI=1S/C11H9ClN2O4/c1-18-6-2-3-8-7(4-6)10(17)14(5-9(15)16)11(12)13-8/h2-4H,5H2,1H3,(H,15,16). The van der Waals surface area contributed by atoms with Crippen LogP contribution in [0.15, 0.2) is 23.0 Å². The summed E-state index contributed by atoms with van der Waals surface area (Å²) in [6.07, 6.45) is 0. The van der Waals surface area contributed by atoms with Crippen LogP contribution >= 0.6 is 11.6 Å². The molecule has 0 aliphatic rings. The van der Waals surface area contributed by atoms with Crippen LogP contribution in [0.4, 0.5) is 0 Å². The van der Waals surface area contributed by atoms with E-state index >= 15 is 0 Å². The van der Waals surface area contributed by atoms with Crippen molar-refractivity contribution in [3.63, 3.8) is 0 Å². The zero-order valence-electron chi connectivity index (χ0n) is 9.38. The number of aliphatic carboxylic acids is 1. The molecule has 7 heteroatoms. The number of aromatic nitrogens is 2. The number of rotatable bonds is 3. The normalized spacial score (nSPS) is 10.6. The van der Waals surface area contributed by atoms with E-state index in [9.17, 15) is 9.59 Å². The molecule has 2 rings (SSSR count). The summed E-state index contributed by atoms with van der Waals surface area (Å²) in [6, 6.07) is 4.73. The van der Waals surface area contributed by atoms with Crippen LogP contribution in [0.2, 0.25) is 5.28 Å². The lowest BCUT2D eigenvalue weighted by atomic mass is 10.2. The summed E-state index contributed by atoms with van der Waals surface area (Å²) in [5.41, 5.74) is -0.112. The van der Waals surface area contributed by atoms with Crippen molar-refractivity contribution in [3.05, 3.63) is 33.8 Å². The molecular formula is C11H9ClN2O4. The number of nitrogens with zero attached hydrogens (tertiary/aromatic N) is 2. The van der Waals surface area contributed by atoms with E-state index in [0.717, 1.165) is 4.57 Å². The van der Waals surface area contributed by atoms with Gasteiger partial charge in [0.15, 0.2) is 0 Å². The van der Waals surface area contributed by atoms with E-state index in [4.69, 9.17) is 21.4 Å². The average Bonchev–Trinajstić information content (AvgIpc) is 2.34. The number of hydrogen-bond acceptors (Lipinski definition) is 4. The third kappa shape index (κ3) is 2.14. The van der Waals surface area contributed by atoms with E-state index in [1.165, 1.54) is 13.2 Å². The zero-order chi connectivity index (χ0) is 13.3. The second kappa shape index (κ2) is 4.66. The fraction of sp³-hybridized carbons (Fsp3) is 0.182. The summed E-state index contributed by atoms with van der Waals surface area (Å²) in [6.45, 7) is -0.530. The van der Waals surface area contributed by atoms with Crippen molar-refractivity contribution in [2.24, 2.45) is 0 Å². The molecule has 1 N–H and O–H groups in total. The van der Waals surface area contributed by atoms with Crippen molar-refractivity contribution in [3.8, 4) is 5.75 Å². The minimum Gasteiger partial charge on any atom is -0.497 e. The number of carboxylic acid groups (broad SMARTS) is 1. The second-order valence-corrected chi connectivity index (χ2v) is 3.89. The molecule has 94 valence electrons. The maximum atomic E-state index is 12.1. The van der Waals surface area contributed by atoms with Crippen LogP contribution in [0.5, 0.6) is 5.75 Å². The number of fused-ring (bicyclic) bond motifs is 1. The van der Waals surface area contributed by atoms with Gasteiger partial charge in [-0.15, -0.1) is 0 Å². The van der Waals surface area contributed by atoms with Gasteiger partial charge in [-0.25, -0.2) is 4.98 Å². The maximum Gasteiger partial charge on any atom is 0.323 e. The Morgan fingerprint density at radius 3 is 2.89 bits per heavy atom. The lowest BCUT2D eigenvalue weighted by Crippen LogP contribution is -2.25. The highest BCUT2D eigenvalue weighted by Crippen LogP contribution is 2.18. The number of halogens is 1. The molecule has 0 amide bonds. The molecule has 0 spiro atoms. The number of methoxy groups -OCH3 is 1. The molecule has 1 aromatic heterocycles. The lowest BCUT2D eigenvalue weighted by Gasteiger charge is -2.07. The zero-order valence-corrected chi connectivity index (χ0v) is 10.1. The Kier molecular flexibility index (Phi) is 3.20. The van der Waals surface area contributed by atoms with Gasteiger partial charge in [0, 0.05) is 0 Å². The first-order valence-corrected chi connectivity index (χ1v) is 5.36. The van der Waals surface area contributed by atoms with Gasteiger partial charge in [-0.1, -0.05) is 0 Å². The third-order valence-corrected chi connectivity index (χ3v) is 2.70. The first-order valence-electron chi connectivity index (χ1n) is 4.99. The summed E-state index contributed by atoms with van der Waals surface area (Å²) >= 11 is 5.78. The van der Waals surface area contributed by atoms with Gasteiger partial charge in [0.25, 0.3) is 5.56 Å². The minimum atomic E-state index is -1.16. The highest BCUT2D eigenvalue weighted by molar-refractivity contribution is 6.28. The van der Waals surface area contributed by atoms with Gasteiger partial charge in [0.1, 0.15) is 12.3 Å². The number of benzene rings is 1. The van der Waals surface area contributed by atoms with Crippen LogP contribution in [-0.4, -0.2) is 27.7 Å². The molecule has 6 nitrogen and oxygen atoms in total. The molecule has 0 fully saturated rings. The molecule has 0 aliphatic carbocycles. The molecule has 0 atom stereocenters. The molecule has 0 radical (unpaired) electrons. The van der Waals surface area contributed by atoms with Crippen molar-refractivity contribution < 1.29 is 14.6 Å². The van der Waals surface area contributed by atoms with Crippen molar-refractivity contribution in [1.29, 1.82) is 0 Å². The molecule has 1 aromatic carbocycles. The fourth-order valence-electron chi connectivity index (χ4n) is 1.57. The van der Waals surface area contributed by atoms with Crippen molar-refractivity contribution in [2.45, 2.75) is 6.54 Å². The predicted octanol–water partition coefficient (Wildman–Crippen LogP) is 1.14. The topological polar surface area (TPSA) is 81.4 Å². The Morgan fingerprint density at radius 1 is 1.56 bits per heavy atom.